The topological polar surface area (TPSA) is 12.0 Å². The fourth-order valence-corrected chi connectivity index (χ4v) is 3.80. The predicted octanol–water partition coefficient (Wildman–Crippen LogP) is 6.16. The summed E-state index contributed by atoms with van der Waals surface area (Å²) in [7, 11) is 0. The van der Waals surface area contributed by atoms with E-state index in [-0.39, 0.29) is 5.82 Å². The molecule has 0 aliphatic rings. The van der Waals surface area contributed by atoms with E-state index in [2.05, 4.69) is 41.2 Å². The second kappa shape index (κ2) is 8.06. The van der Waals surface area contributed by atoms with Crippen LogP contribution in [0.4, 0.5) is 4.39 Å². The molecule has 2 aromatic rings. The summed E-state index contributed by atoms with van der Waals surface area (Å²) < 4.78 is 14.8. The van der Waals surface area contributed by atoms with Gasteiger partial charge in [-0.3, -0.25) is 0 Å². The number of benzene rings is 1. The molecule has 114 valence electrons. The second-order valence-electron chi connectivity index (χ2n) is 5.12. The van der Waals surface area contributed by atoms with Crippen LogP contribution in [0.1, 0.15) is 44.0 Å². The number of hydrogen-bond donors (Lipinski definition) is 1. The second-order valence-corrected chi connectivity index (χ2v) is 7.15. The van der Waals surface area contributed by atoms with Crippen LogP contribution in [0, 0.1) is 5.82 Å². The van der Waals surface area contributed by atoms with Crippen molar-refractivity contribution in [3.63, 3.8) is 0 Å². The molecule has 2 rings (SSSR count). The zero-order valence-corrected chi connectivity index (χ0v) is 14.9. The smallest absolute Gasteiger partial charge is 0.132 e. The van der Waals surface area contributed by atoms with E-state index < -0.39 is 0 Å². The summed E-state index contributed by atoms with van der Waals surface area (Å²) in [5, 5.41) is 3.58. The summed E-state index contributed by atoms with van der Waals surface area (Å²) in [4.78, 5) is 2.29. The van der Waals surface area contributed by atoms with Gasteiger partial charge in [0.1, 0.15) is 5.82 Å². The Balaban J connectivity index is 2.22. The Labute approximate surface area is 138 Å². The molecule has 1 unspecified atom stereocenters. The lowest BCUT2D eigenvalue weighted by atomic mass is 10.1. The SMILES string of the molecule is CCCNC(CCC)c1ccc(-c2ccc(Br)cc2F)s1. The van der Waals surface area contributed by atoms with E-state index in [1.165, 1.54) is 10.9 Å². The molecule has 1 nitrogen and oxygen atoms in total. The van der Waals surface area contributed by atoms with Crippen LogP contribution in [0.5, 0.6) is 0 Å². The average Bonchev–Trinajstić information content (AvgIpc) is 2.93. The largest absolute Gasteiger partial charge is 0.309 e. The van der Waals surface area contributed by atoms with Crippen LogP contribution in [-0.4, -0.2) is 6.54 Å². The summed E-state index contributed by atoms with van der Waals surface area (Å²) in [5.74, 6) is -0.175. The van der Waals surface area contributed by atoms with E-state index in [4.69, 9.17) is 0 Å². The highest BCUT2D eigenvalue weighted by atomic mass is 79.9. The van der Waals surface area contributed by atoms with Crippen molar-refractivity contribution < 1.29 is 4.39 Å². The van der Waals surface area contributed by atoms with E-state index in [9.17, 15) is 4.39 Å². The Morgan fingerprint density at radius 1 is 1.19 bits per heavy atom. The lowest BCUT2D eigenvalue weighted by molar-refractivity contribution is 0.501. The van der Waals surface area contributed by atoms with Gasteiger partial charge in [0.25, 0.3) is 0 Å². The maximum atomic E-state index is 14.1. The van der Waals surface area contributed by atoms with Gasteiger partial charge in [-0.1, -0.05) is 36.2 Å². The number of halogens is 2. The molecule has 0 aliphatic heterocycles. The van der Waals surface area contributed by atoms with Gasteiger partial charge >= 0.3 is 0 Å². The molecule has 0 fully saturated rings. The minimum absolute atomic E-state index is 0.175. The van der Waals surface area contributed by atoms with Crippen molar-refractivity contribution in [2.24, 2.45) is 0 Å². The Kier molecular flexibility index (Phi) is 6.40. The van der Waals surface area contributed by atoms with Crippen molar-refractivity contribution in [1.82, 2.24) is 5.32 Å². The summed E-state index contributed by atoms with van der Waals surface area (Å²) in [6, 6.07) is 9.79. The predicted molar refractivity (Wildman–Crippen MR) is 93.4 cm³/mol. The van der Waals surface area contributed by atoms with Crippen molar-refractivity contribution in [1.29, 1.82) is 0 Å². The van der Waals surface area contributed by atoms with Crippen molar-refractivity contribution >= 4 is 27.3 Å². The first kappa shape index (κ1) is 16.7. The van der Waals surface area contributed by atoms with Crippen molar-refractivity contribution in [2.75, 3.05) is 6.54 Å². The summed E-state index contributed by atoms with van der Waals surface area (Å²) in [5.41, 5.74) is 0.681. The third-order valence-electron chi connectivity index (χ3n) is 3.38. The molecule has 0 radical (unpaired) electrons. The van der Waals surface area contributed by atoms with Crippen molar-refractivity contribution in [3.05, 3.63) is 45.5 Å². The molecule has 0 bridgehead atoms. The summed E-state index contributed by atoms with van der Waals surface area (Å²) in [6.07, 6.45) is 3.38. The van der Waals surface area contributed by atoms with E-state index >= 15 is 0 Å². The van der Waals surface area contributed by atoms with E-state index in [0.717, 1.165) is 35.2 Å². The van der Waals surface area contributed by atoms with Crippen LogP contribution in [0.15, 0.2) is 34.8 Å². The highest BCUT2D eigenvalue weighted by Crippen LogP contribution is 2.35. The van der Waals surface area contributed by atoms with E-state index in [1.54, 1.807) is 11.3 Å². The molecule has 1 aromatic carbocycles. The average molecular weight is 370 g/mol. The highest BCUT2D eigenvalue weighted by molar-refractivity contribution is 9.10. The standard InChI is InChI=1S/C17H21BrFNS/c1-3-5-15(20-10-4-2)17-9-8-16(21-17)13-7-6-12(18)11-14(13)19/h6-9,11,15,20H,3-5,10H2,1-2H3. The quantitative estimate of drug-likeness (QED) is 0.616. The lowest BCUT2D eigenvalue weighted by Gasteiger charge is -2.16. The zero-order valence-electron chi connectivity index (χ0n) is 12.5. The first-order valence-corrected chi connectivity index (χ1v) is 9.05. The van der Waals surface area contributed by atoms with Crippen LogP contribution in [-0.2, 0) is 0 Å². The number of nitrogens with one attached hydrogen (secondary N) is 1. The molecule has 0 spiro atoms. The number of hydrogen-bond acceptors (Lipinski definition) is 2. The summed E-state index contributed by atoms with van der Waals surface area (Å²) >= 11 is 4.99. The molecular weight excluding hydrogens is 349 g/mol. The fraction of sp³-hybridized carbons (Fsp3) is 0.412. The van der Waals surface area contributed by atoms with E-state index in [1.807, 2.05) is 18.2 Å². The third kappa shape index (κ3) is 4.38. The highest BCUT2D eigenvalue weighted by Gasteiger charge is 2.14. The Morgan fingerprint density at radius 3 is 2.67 bits per heavy atom. The van der Waals surface area contributed by atoms with Gasteiger partial charge in [-0.05, 0) is 49.7 Å². The van der Waals surface area contributed by atoms with Gasteiger partial charge < -0.3 is 5.32 Å². The molecule has 0 amide bonds. The van der Waals surface area contributed by atoms with Gasteiger partial charge in [-0.25, -0.2) is 4.39 Å². The first-order valence-electron chi connectivity index (χ1n) is 7.44. The Bertz CT molecular complexity index is 582. The Hall–Kier alpha value is -0.710. The Morgan fingerprint density at radius 2 is 2.00 bits per heavy atom. The maximum Gasteiger partial charge on any atom is 0.132 e. The normalized spacial score (nSPS) is 12.6. The van der Waals surface area contributed by atoms with Crippen molar-refractivity contribution in [2.45, 2.75) is 39.2 Å². The van der Waals surface area contributed by atoms with Gasteiger partial charge in [0, 0.05) is 25.8 Å². The van der Waals surface area contributed by atoms with Crippen LogP contribution in [0.2, 0.25) is 0 Å². The van der Waals surface area contributed by atoms with Gasteiger partial charge in [-0.2, -0.15) is 0 Å². The summed E-state index contributed by atoms with van der Waals surface area (Å²) in [6.45, 7) is 5.39. The molecule has 4 heteroatoms. The number of thiophene rings is 1. The van der Waals surface area contributed by atoms with Crippen LogP contribution in [0.3, 0.4) is 0 Å². The van der Waals surface area contributed by atoms with Gasteiger partial charge in [0.15, 0.2) is 0 Å². The molecule has 0 saturated heterocycles. The monoisotopic (exact) mass is 369 g/mol. The molecule has 21 heavy (non-hydrogen) atoms. The van der Waals surface area contributed by atoms with E-state index in [0.29, 0.717) is 11.6 Å². The molecule has 0 saturated carbocycles. The minimum Gasteiger partial charge on any atom is -0.309 e. The fourth-order valence-electron chi connectivity index (χ4n) is 2.33. The lowest BCUT2D eigenvalue weighted by Crippen LogP contribution is -2.21. The van der Waals surface area contributed by atoms with Crippen LogP contribution < -0.4 is 5.32 Å². The number of rotatable bonds is 7. The van der Waals surface area contributed by atoms with Gasteiger partial charge in [0.05, 0.1) is 0 Å². The van der Waals surface area contributed by atoms with Crippen LogP contribution >= 0.6 is 27.3 Å². The van der Waals surface area contributed by atoms with Crippen molar-refractivity contribution in [3.8, 4) is 10.4 Å². The third-order valence-corrected chi connectivity index (χ3v) is 5.11. The molecule has 1 N–H and O–H groups in total. The maximum absolute atomic E-state index is 14.1. The minimum atomic E-state index is -0.175. The molecule has 1 atom stereocenters. The van der Waals surface area contributed by atoms with Gasteiger partial charge in [-0.15, -0.1) is 11.3 Å². The first-order chi connectivity index (χ1) is 10.2. The molecule has 0 aliphatic carbocycles. The molecule has 1 heterocycles. The zero-order chi connectivity index (χ0) is 15.2. The molecular formula is C17H21BrFNS. The van der Waals surface area contributed by atoms with Gasteiger partial charge in [0.2, 0.25) is 0 Å². The van der Waals surface area contributed by atoms with Crippen LogP contribution in [0.25, 0.3) is 10.4 Å². The molecule has 1 aromatic heterocycles.